The van der Waals surface area contributed by atoms with Gasteiger partial charge in [0.25, 0.3) is 5.91 Å². The van der Waals surface area contributed by atoms with Crippen molar-refractivity contribution in [3.8, 4) is 0 Å². The maximum Gasteiger partial charge on any atom is 0.253 e. The monoisotopic (exact) mass is 245 g/mol. The van der Waals surface area contributed by atoms with E-state index in [2.05, 4.69) is 20.6 Å². The highest BCUT2D eigenvalue weighted by Gasteiger charge is 2.10. The molecule has 1 aromatic carbocycles. The minimum atomic E-state index is -0.156. The van der Waals surface area contributed by atoms with Crippen LogP contribution in [0.4, 0.5) is 11.4 Å². The highest BCUT2D eigenvalue weighted by atomic mass is 16.1. The molecule has 1 heterocycles. The Morgan fingerprint density at radius 1 is 1.50 bits per heavy atom. The lowest BCUT2D eigenvalue weighted by molar-refractivity contribution is 0.0964. The lowest BCUT2D eigenvalue weighted by Crippen LogP contribution is -2.19. The van der Waals surface area contributed by atoms with Crippen LogP contribution in [0.1, 0.15) is 16.2 Å². The number of nitrogen functional groups attached to an aromatic ring is 1. The zero-order valence-corrected chi connectivity index (χ0v) is 10.0. The van der Waals surface area contributed by atoms with Crippen LogP contribution in [0, 0.1) is 0 Å². The second-order valence-corrected chi connectivity index (χ2v) is 3.77. The fourth-order valence-electron chi connectivity index (χ4n) is 1.61. The van der Waals surface area contributed by atoms with Crippen LogP contribution >= 0.6 is 0 Å². The molecule has 0 bridgehead atoms. The molecule has 2 aromatic rings. The summed E-state index contributed by atoms with van der Waals surface area (Å²) in [5.41, 5.74) is 7.56. The van der Waals surface area contributed by atoms with E-state index in [4.69, 9.17) is 5.73 Å². The summed E-state index contributed by atoms with van der Waals surface area (Å²) in [6.45, 7) is 0.500. The molecule has 0 aliphatic heterocycles. The van der Waals surface area contributed by atoms with Crippen molar-refractivity contribution in [3.05, 3.63) is 42.0 Å². The number of hydrogen-bond acceptors (Lipinski definition) is 4. The van der Waals surface area contributed by atoms with Crippen LogP contribution in [-0.2, 0) is 6.54 Å². The quantitative estimate of drug-likeness (QED) is 0.603. The first-order valence-electron chi connectivity index (χ1n) is 5.54. The van der Waals surface area contributed by atoms with Crippen molar-refractivity contribution in [1.82, 2.24) is 15.3 Å². The van der Waals surface area contributed by atoms with Crippen LogP contribution in [0.15, 0.2) is 30.6 Å². The number of rotatable bonds is 4. The predicted octanol–water partition coefficient (Wildman–Crippen LogP) is 0.964. The van der Waals surface area contributed by atoms with Crippen molar-refractivity contribution in [2.24, 2.45) is 0 Å². The van der Waals surface area contributed by atoms with E-state index in [1.54, 1.807) is 37.6 Å². The Labute approximate surface area is 105 Å². The summed E-state index contributed by atoms with van der Waals surface area (Å²) in [6, 6.07) is 5.12. The van der Waals surface area contributed by atoms with Crippen LogP contribution in [0.5, 0.6) is 0 Å². The Balaban J connectivity index is 2.19. The molecule has 94 valence electrons. The first kappa shape index (κ1) is 12.0. The summed E-state index contributed by atoms with van der Waals surface area (Å²) < 4.78 is 0. The Bertz CT molecular complexity index is 535. The largest absolute Gasteiger partial charge is 0.399 e. The number of anilines is 2. The van der Waals surface area contributed by atoms with Gasteiger partial charge in [-0.3, -0.25) is 4.79 Å². The zero-order chi connectivity index (χ0) is 13.0. The normalized spacial score (nSPS) is 10.1. The van der Waals surface area contributed by atoms with E-state index in [0.717, 1.165) is 5.82 Å². The Morgan fingerprint density at radius 3 is 3.00 bits per heavy atom. The summed E-state index contributed by atoms with van der Waals surface area (Å²) in [6.07, 6.45) is 3.42. The van der Waals surface area contributed by atoms with Crippen LogP contribution in [0.2, 0.25) is 0 Å². The van der Waals surface area contributed by atoms with E-state index < -0.39 is 0 Å². The molecule has 1 amide bonds. The molecule has 18 heavy (non-hydrogen) atoms. The Morgan fingerprint density at radius 2 is 2.33 bits per heavy atom. The molecule has 0 saturated heterocycles. The van der Waals surface area contributed by atoms with Crippen molar-refractivity contribution < 1.29 is 4.79 Å². The minimum absolute atomic E-state index is 0.156. The highest BCUT2D eigenvalue weighted by Crippen LogP contribution is 2.19. The molecule has 0 saturated carbocycles. The molecule has 0 fully saturated rings. The second kappa shape index (κ2) is 5.22. The molecular formula is C12H15N5O. The van der Waals surface area contributed by atoms with Crippen LogP contribution in [0.25, 0.3) is 0 Å². The second-order valence-electron chi connectivity index (χ2n) is 3.77. The molecule has 0 unspecified atom stereocenters. The first-order chi connectivity index (χ1) is 8.70. The third kappa shape index (κ3) is 2.60. The Kier molecular flexibility index (Phi) is 3.47. The van der Waals surface area contributed by atoms with Gasteiger partial charge in [0.1, 0.15) is 5.82 Å². The molecule has 5 N–H and O–H groups in total. The minimum Gasteiger partial charge on any atom is -0.399 e. The number of nitrogens with two attached hydrogens (primary N) is 1. The van der Waals surface area contributed by atoms with Gasteiger partial charge in [-0.2, -0.15) is 0 Å². The predicted molar refractivity (Wildman–Crippen MR) is 70.2 cm³/mol. The fourth-order valence-corrected chi connectivity index (χ4v) is 1.61. The molecule has 6 heteroatoms. The topological polar surface area (TPSA) is 95.8 Å². The molecule has 0 spiro atoms. The molecule has 0 aliphatic rings. The van der Waals surface area contributed by atoms with Gasteiger partial charge in [0.2, 0.25) is 0 Å². The van der Waals surface area contributed by atoms with E-state index in [-0.39, 0.29) is 5.91 Å². The lowest BCUT2D eigenvalue weighted by Gasteiger charge is -2.11. The molecule has 2 rings (SSSR count). The molecule has 0 radical (unpaired) electrons. The lowest BCUT2D eigenvalue weighted by atomic mass is 10.1. The van der Waals surface area contributed by atoms with Crippen molar-refractivity contribution >= 4 is 17.3 Å². The van der Waals surface area contributed by atoms with Gasteiger partial charge in [0, 0.05) is 30.8 Å². The SMILES string of the molecule is CNC(=O)c1ccc(N)cc1NCc1ncc[nH]1. The van der Waals surface area contributed by atoms with Gasteiger partial charge in [0.15, 0.2) is 0 Å². The average Bonchev–Trinajstić information content (AvgIpc) is 2.88. The number of imidazole rings is 1. The Hall–Kier alpha value is -2.50. The highest BCUT2D eigenvalue weighted by molar-refractivity contribution is 6.00. The summed E-state index contributed by atoms with van der Waals surface area (Å²) in [4.78, 5) is 18.8. The van der Waals surface area contributed by atoms with Gasteiger partial charge < -0.3 is 21.4 Å². The summed E-state index contributed by atoms with van der Waals surface area (Å²) in [5, 5.41) is 5.73. The summed E-state index contributed by atoms with van der Waals surface area (Å²) >= 11 is 0. The van der Waals surface area contributed by atoms with Gasteiger partial charge in [-0.1, -0.05) is 0 Å². The number of aromatic amines is 1. The molecular weight excluding hydrogens is 230 g/mol. The number of carbonyl (C=O) groups excluding carboxylic acids is 1. The van der Waals surface area contributed by atoms with E-state index in [1.807, 2.05) is 0 Å². The number of benzene rings is 1. The maximum absolute atomic E-state index is 11.7. The third-order valence-electron chi connectivity index (χ3n) is 2.52. The van der Waals surface area contributed by atoms with Crippen LogP contribution in [-0.4, -0.2) is 22.9 Å². The molecule has 0 atom stereocenters. The smallest absolute Gasteiger partial charge is 0.253 e. The average molecular weight is 245 g/mol. The number of nitrogens with one attached hydrogen (secondary N) is 3. The molecule has 1 aromatic heterocycles. The van der Waals surface area contributed by atoms with E-state index in [1.165, 1.54) is 0 Å². The standard InChI is InChI=1S/C12H15N5O/c1-14-12(18)9-3-2-8(13)6-10(9)17-7-11-15-4-5-16-11/h2-6,17H,7,13H2,1H3,(H,14,18)(H,15,16). The maximum atomic E-state index is 11.7. The van der Waals surface area contributed by atoms with Gasteiger partial charge in [-0.05, 0) is 18.2 Å². The van der Waals surface area contributed by atoms with Crippen LogP contribution < -0.4 is 16.4 Å². The third-order valence-corrected chi connectivity index (χ3v) is 2.52. The van der Waals surface area contributed by atoms with Crippen LogP contribution in [0.3, 0.4) is 0 Å². The van der Waals surface area contributed by atoms with Gasteiger partial charge in [-0.15, -0.1) is 0 Å². The summed E-state index contributed by atoms with van der Waals surface area (Å²) in [7, 11) is 1.59. The van der Waals surface area contributed by atoms with E-state index in [0.29, 0.717) is 23.5 Å². The van der Waals surface area contributed by atoms with E-state index in [9.17, 15) is 4.79 Å². The number of H-pyrrole nitrogens is 1. The van der Waals surface area contributed by atoms with Crippen molar-refractivity contribution in [2.75, 3.05) is 18.1 Å². The van der Waals surface area contributed by atoms with Gasteiger partial charge in [-0.25, -0.2) is 4.98 Å². The number of amides is 1. The van der Waals surface area contributed by atoms with E-state index >= 15 is 0 Å². The summed E-state index contributed by atoms with van der Waals surface area (Å²) in [5.74, 6) is 0.636. The number of aromatic nitrogens is 2. The number of hydrogen-bond donors (Lipinski definition) is 4. The molecule has 6 nitrogen and oxygen atoms in total. The van der Waals surface area contributed by atoms with Crippen molar-refractivity contribution in [2.45, 2.75) is 6.54 Å². The zero-order valence-electron chi connectivity index (χ0n) is 10.0. The van der Waals surface area contributed by atoms with Gasteiger partial charge >= 0.3 is 0 Å². The fraction of sp³-hybridized carbons (Fsp3) is 0.167. The van der Waals surface area contributed by atoms with Gasteiger partial charge in [0.05, 0.1) is 12.1 Å². The number of carbonyl (C=O) groups is 1. The number of nitrogens with zero attached hydrogens (tertiary/aromatic N) is 1. The van der Waals surface area contributed by atoms with Crippen molar-refractivity contribution in [3.63, 3.8) is 0 Å². The molecule has 0 aliphatic carbocycles. The van der Waals surface area contributed by atoms with Crippen molar-refractivity contribution in [1.29, 1.82) is 0 Å². The first-order valence-corrected chi connectivity index (χ1v) is 5.54.